The van der Waals surface area contributed by atoms with Crippen LogP contribution in [0.2, 0.25) is 0 Å². The Morgan fingerprint density at radius 1 is 0.727 bits per heavy atom. The molecule has 12 nitrogen and oxygen atoms in total. The fourth-order valence-electron chi connectivity index (χ4n) is 8.89. The molecule has 0 radical (unpaired) electrons. The molecule has 6 aliphatic heterocycles. The van der Waals surface area contributed by atoms with Crippen molar-refractivity contribution < 1.29 is 37.2 Å². The molecule has 2 aromatic heterocycles. The van der Waals surface area contributed by atoms with Crippen LogP contribution in [0.25, 0.3) is 21.8 Å². The van der Waals surface area contributed by atoms with E-state index in [2.05, 4.69) is 45.1 Å². The monoisotopic (exact) mass is 818 g/mol. The van der Waals surface area contributed by atoms with Crippen LogP contribution < -0.4 is 9.47 Å². The summed E-state index contributed by atoms with van der Waals surface area (Å²) >= 11 is 0. The lowest BCUT2D eigenvalue weighted by molar-refractivity contribution is -0.0445. The van der Waals surface area contributed by atoms with Gasteiger partial charge in [0.1, 0.15) is 11.5 Å². The molecule has 6 fully saturated rings. The van der Waals surface area contributed by atoms with E-state index in [4.69, 9.17) is 27.0 Å². The van der Waals surface area contributed by atoms with Crippen molar-refractivity contribution in [2.24, 2.45) is 23.7 Å². The molecule has 4 N–H and O–H groups in total. The van der Waals surface area contributed by atoms with Crippen molar-refractivity contribution in [2.45, 2.75) is 50.0 Å². The zero-order valence-electron chi connectivity index (χ0n) is 31.1. The molecule has 0 spiro atoms. The summed E-state index contributed by atoms with van der Waals surface area (Å²) in [6, 6.07) is 15.9. The number of fused-ring (bicyclic) bond motifs is 8. The van der Waals surface area contributed by atoms with Crippen LogP contribution in [0, 0.1) is 23.7 Å². The summed E-state index contributed by atoms with van der Waals surface area (Å²) in [7, 11) is -1.34. The second kappa shape index (κ2) is 19.2. The molecule has 0 amide bonds. The predicted octanol–water partition coefficient (Wildman–Crippen LogP) is 6.54. The van der Waals surface area contributed by atoms with Gasteiger partial charge in [0.25, 0.3) is 0 Å². The maximum atomic E-state index is 11.2. The van der Waals surface area contributed by atoms with Crippen LogP contribution in [0.5, 0.6) is 11.5 Å². The quantitative estimate of drug-likeness (QED) is 0.112. The van der Waals surface area contributed by atoms with Crippen LogP contribution in [0.3, 0.4) is 0 Å². The number of aliphatic hydroxyl groups is 2. The first-order valence-electron chi connectivity index (χ1n) is 18.1. The van der Waals surface area contributed by atoms with Crippen molar-refractivity contribution in [3.63, 3.8) is 0 Å². The first-order chi connectivity index (χ1) is 25.4. The molecule has 0 saturated carbocycles. The van der Waals surface area contributed by atoms with Gasteiger partial charge in [-0.3, -0.25) is 28.9 Å². The van der Waals surface area contributed by atoms with Gasteiger partial charge in [-0.05, 0) is 122 Å². The first kappa shape index (κ1) is 44.3. The predicted molar refractivity (Wildman–Crippen MR) is 219 cm³/mol. The van der Waals surface area contributed by atoms with Crippen LogP contribution in [-0.2, 0) is 10.4 Å². The minimum Gasteiger partial charge on any atom is -0.497 e. The van der Waals surface area contributed by atoms with Gasteiger partial charge in [0.2, 0.25) is 0 Å². The Morgan fingerprint density at radius 2 is 1.11 bits per heavy atom. The number of rotatable bonds is 8. The molecule has 4 unspecified atom stereocenters. The van der Waals surface area contributed by atoms with Crippen molar-refractivity contribution in [3.8, 4) is 11.5 Å². The van der Waals surface area contributed by atoms with Crippen molar-refractivity contribution in [2.75, 3.05) is 40.4 Å². The van der Waals surface area contributed by atoms with E-state index in [0.29, 0.717) is 23.7 Å². The Kier molecular flexibility index (Phi) is 15.5. The van der Waals surface area contributed by atoms with Crippen LogP contribution in [0.4, 0.5) is 0 Å². The fraction of sp³-hybridized carbons (Fsp3) is 0.450. The first-order valence-corrected chi connectivity index (χ1v) is 19.5. The SMILES string of the molecule is C=C[C@H]1CN2CCC1C[C@H]2[C@H](O)c1ccnc2ccc(OC)cc12.C=C[C@H]1CN2CCC1C[C@H]2[C@H](O)c1ccnc2ccc(OC)cc12.Cl.Cl.O=S(=O)(O)O. The molecule has 4 bridgehead atoms. The zero-order chi connectivity index (χ0) is 37.9. The Morgan fingerprint density at radius 3 is 1.42 bits per heavy atom. The molecule has 10 rings (SSSR count). The van der Waals surface area contributed by atoms with Gasteiger partial charge < -0.3 is 19.7 Å². The molecule has 10 atom stereocenters. The van der Waals surface area contributed by atoms with E-state index in [9.17, 15) is 10.2 Å². The van der Waals surface area contributed by atoms with Crippen LogP contribution in [0.1, 0.15) is 49.0 Å². The number of halogens is 2. The van der Waals surface area contributed by atoms with Gasteiger partial charge in [-0.1, -0.05) is 12.2 Å². The third-order valence-electron chi connectivity index (χ3n) is 11.6. The van der Waals surface area contributed by atoms with E-state index in [1.54, 1.807) is 26.6 Å². The van der Waals surface area contributed by atoms with Crippen LogP contribution in [-0.4, -0.2) is 100.0 Å². The third kappa shape index (κ3) is 10.1. The number of pyridine rings is 2. The number of aliphatic hydroxyl groups excluding tert-OH is 2. The lowest BCUT2D eigenvalue weighted by Gasteiger charge is -2.50. The Balaban J connectivity index is 0.000000211. The largest absolute Gasteiger partial charge is 0.497 e. The van der Waals surface area contributed by atoms with E-state index in [0.717, 1.165) is 83.5 Å². The normalized spacial score (nSPS) is 27.5. The average Bonchev–Trinajstić information content (AvgIpc) is 3.19. The molecular formula is C40H52Cl2N4O8S. The summed E-state index contributed by atoms with van der Waals surface area (Å²) in [4.78, 5) is 13.7. The topological polar surface area (TPSA) is 166 Å². The highest BCUT2D eigenvalue weighted by Crippen LogP contribution is 2.43. The minimum absolute atomic E-state index is 0. The average molecular weight is 820 g/mol. The number of methoxy groups -OCH3 is 2. The van der Waals surface area contributed by atoms with Gasteiger partial charge in [0.05, 0.1) is 37.5 Å². The van der Waals surface area contributed by atoms with Crippen LogP contribution >= 0.6 is 24.8 Å². The van der Waals surface area contributed by atoms with Gasteiger partial charge in [0.15, 0.2) is 0 Å². The molecule has 8 heterocycles. The number of ether oxygens (including phenoxy) is 2. The van der Waals surface area contributed by atoms with Crippen molar-refractivity contribution in [1.82, 2.24) is 19.8 Å². The van der Waals surface area contributed by atoms with Gasteiger partial charge in [-0.15, -0.1) is 38.0 Å². The van der Waals surface area contributed by atoms with Gasteiger partial charge in [0, 0.05) is 48.3 Å². The smallest absolute Gasteiger partial charge is 0.394 e. The zero-order valence-corrected chi connectivity index (χ0v) is 33.5. The molecule has 15 heteroatoms. The van der Waals surface area contributed by atoms with Crippen molar-refractivity contribution >= 4 is 57.0 Å². The highest BCUT2D eigenvalue weighted by atomic mass is 35.5. The number of hydrogen-bond donors (Lipinski definition) is 4. The Hall–Kier alpha value is -3.37. The lowest BCUT2D eigenvalue weighted by Crippen LogP contribution is -2.54. The molecule has 6 saturated heterocycles. The molecule has 6 aliphatic rings. The molecule has 300 valence electrons. The Bertz CT molecular complexity index is 1900. The minimum atomic E-state index is -4.67. The summed E-state index contributed by atoms with van der Waals surface area (Å²) in [5.41, 5.74) is 3.69. The second-order valence-corrected chi connectivity index (χ2v) is 15.3. The summed E-state index contributed by atoms with van der Waals surface area (Å²) in [5, 5.41) is 24.3. The molecular weight excluding hydrogens is 767 g/mol. The van der Waals surface area contributed by atoms with Gasteiger partial charge in [-0.25, -0.2) is 0 Å². The molecule has 4 aromatic rings. The number of benzene rings is 2. The van der Waals surface area contributed by atoms with E-state index in [1.807, 2.05) is 48.5 Å². The van der Waals surface area contributed by atoms with Crippen molar-refractivity contribution in [1.29, 1.82) is 0 Å². The van der Waals surface area contributed by atoms with Crippen LogP contribution in [0.15, 0.2) is 86.2 Å². The van der Waals surface area contributed by atoms with E-state index in [1.165, 1.54) is 12.8 Å². The Labute approximate surface area is 335 Å². The number of nitrogens with zero attached hydrogens (tertiary/aromatic N) is 4. The van der Waals surface area contributed by atoms with Gasteiger partial charge in [-0.2, -0.15) is 8.42 Å². The summed E-state index contributed by atoms with van der Waals surface area (Å²) in [6.45, 7) is 12.1. The molecule has 55 heavy (non-hydrogen) atoms. The van der Waals surface area contributed by atoms with E-state index < -0.39 is 22.6 Å². The standard InChI is InChI=1S/2C20H24N2O2.2ClH.H2O4S/c2*1-3-13-12-22-9-7-14(13)10-19(22)20(23)16-6-8-21-18-5-4-15(24-2)11-17(16)18;;;1-5(2,3)4/h2*3-6,8,11,13-14,19-20,23H,1,7,9-10,12H2,2H3;2*1H;(H2,1,2,3,4)/t2*13-,14?,19-,20+;;;/m00.../s1. The van der Waals surface area contributed by atoms with Gasteiger partial charge >= 0.3 is 10.4 Å². The second-order valence-electron chi connectivity index (χ2n) is 14.4. The maximum Gasteiger partial charge on any atom is 0.394 e. The summed E-state index contributed by atoms with van der Waals surface area (Å²) in [5.74, 6) is 4.01. The highest BCUT2D eigenvalue weighted by molar-refractivity contribution is 7.79. The highest BCUT2D eigenvalue weighted by Gasteiger charge is 2.43. The summed E-state index contributed by atoms with van der Waals surface area (Å²) in [6.07, 6.45) is 11.2. The number of aromatic nitrogens is 2. The lowest BCUT2D eigenvalue weighted by atomic mass is 9.73. The van der Waals surface area contributed by atoms with E-state index >= 15 is 0 Å². The van der Waals surface area contributed by atoms with Crippen molar-refractivity contribution in [3.05, 3.63) is 97.4 Å². The third-order valence-corrected chi connectivity index (χ3v) is 11.6. The summed E-state index contributed by atoms with van der Waals surface area (Å²) < 4.78 is 42.3. The maximum absolute atomic E-state index is 11.2. The van der Waals surface area contributed by atoms with E-state index in [-0.39, 0.29) is 36.9 Å². The number of hydrogen-bond acceptors (Lipinski definition) is 10. The fourth-order valence-corrected chi connectivity index (χ4v) is 8.89. The molecule has 2 aromatic carbocycles. The number of piperidine rings is 6. The molecule has 0 aliphatic carbocycles.